The van der Waals surface area contributed by atoms with E-state index in [1.807, 2.05) is 6.07 Å². The van der Waals surface area contributed by atoms with Crippen molar-refractivity contribution in [3.8, 4) is 11.5 Å². The number of nitrogens with zero attached hydrogens (tertiary/aromatic N) is 1. The molecule has 2 aliphatic rings. The summed E-state index contributed by atoms with van der Waals surface area (Å²) in [5.41, 5.74) is 4.46. The first-order valence-electron chi connectivity index (χ1n) is 10.7. The number of rotatable bonds is 6. The minimum atomic E-state index is 0.277. The molecule has 3 heterocycles. The lowest BCUT2D eigenvalue weighted by molar-refractivity contribution is -1.01. The zero-order valence-corrected chi connectivity index (χ0v) is 18.0. The molecule has 1 aromatic carbocycles. The topological polar surface area (TPSA) is 49.3 Å². The van der Waals surface area contributed by atoms with Crippen molar-refractivity contribution in [2.45, 2.75) is 40.3 Å². The zero-order valence-electron chi connectivity index (χ0n) is 18.0. The van der Waals surface area contributed by atoms with Crippen LogP contribution < -0.4 is 19.3 Å². The monoisotopic (exact) mass is 399 g/mol. The molecule has 0 unspecified atom stereocenters. The quantitative estimate of drug-likeness (QED) is 0.699. The number of ether oxygens (including phenoxy) is 2. The second-order valence-electron chi connectivity index (χ2n) is 8.71. The van der Waals surface area contributed by atoms with Crippen molar-refractivity contribution in [2.75, 3.05) is 39.5 Å². The summed E-state index contributed by atoms with van der Waals surface area (Å²) in [7, 11) is 0. The molecule has 6 heteroatoms. The molecule has 1 saturated heterocycles. The maximum atomic E-state index is 12.9. The molecule has 6 nitrogen and oxygen atoms in total. The van der Waals surface area contributed by atoms with Crippen molar-refractivity contribution in [3.63, 3.8) is 0 Å². The van der Waals surface area contributed by atoms with Gasteiger partial charge in [-0.3, -0.25) is 4.79 Å². The number of ketones is 1. The van der Waals surface area contributed by atoms with E-state index in [0.717, 1.165) is 55.5 Å². The summed E-state index contributed by atoms with van der Waals surface area (Å²) in [4.78, 5) is 15.9. The Hall–Kier alpha value is -2.31. The average molecular weight is 400 g/mol. The highest BCUT2D eigenvalue weighted by molar-refractivity contribution is 5.98. The number of carbonyl (C=O) groups excluding carboxylic acids is 1. The molecule has 2 aromatic rings. The van der Waals surface area contributed by atoms with E-state index in [4.69, 9.17) is 9.47 Å². The van der Waals surface area contributed by atoms with Crippen LogP contribution in [0.2, 0.25) is 0 Å². The predicted molar refractivity (Wildman–Crippen MR) is 111 cm³/mol. The highest BCUT2D eigenvalue weighted by atomic mass is 16.7. The third-order valence-corrected chi connectivity index (χ3v) is 6.27. The molecule has 1 aromatic heterocycles. The maximum absolute atomic E-state index is 12.9. The Morgan fingerprint density at radius 1 is 1.03 bits per heavy atom. The fourth-order valence-electron chi connectivity index (χ4n) is 4.83. The molecule has 0 radical (unpaired) electrons. The van der Waals surface area contributed by atoms with Crippen molar-refractivity contribution in [3.05, 3.63) is 46.8 Å². The first kappa shape index (κ1) is 20.0. The van der Waals surface area contributed by atoms with Crippen LogP contribution in [0.3, 0.4) is 0 Å². The lowest BCUT2D eigenvalue weighted by atomic mass is 10.1. The van der Waals surface area contributed by atoms with Gasteiger partial charge < -0.3 is 23.8 Å². The third-order valence-electron chi connectivity index (χ3n) is 6.27. The number of quaternary nitrogens is 2. The predicted octanol–water partition coefficient (Wildman–Crippen LogP) is 0.581. The third kappa shape index (κ3) is 4.19. The number of Topliss-reactive ketones (excluding diaryl/α,β-unsaturated/α-hetero) is 1. The molecule has 156 valence electrons. The van der Waals surface area contributed by atoms with E-state index in [9.17, 15) is 4.79 Å². The molecule has 0 aliphatic carbocycles. The van der Waals surface area contributed by atoms with Crippen molar-refractivity contribution in [1.82, 2.24) is 4.57 Å². The van der Waals surface area contributed by atoms with E-state index >= 15 is 0 Å². The molecular formula is C23H33N3O3+2. The molecule has 4 rings (SSSR count). The summed E-state index contributed by atoms with van der Waals surface area (Å²) < 4.78 is 13.1. The molecule has 1 fully saturated rings. The van der Waals surface area contributed by atoms with Crippen LogP contribution in [-0.2, 0) is 6.54 Å². The number of benzene rings is 1. The number of piperazine rings is 1. The summed E-state index contributed by atoms with van der Waals surface area (Å²) >= 11 is 0. The second-order valence-corrected chi connectivity index (χ2v) is 8.71. The Labute approximate surface area is 173 Å². The summed E-state index contributed by atoms with van der Waals surface area (Å²) in [6.45, 7) is 14.7. The number of carbonyl (C=O) groups is 1. The number of aromatic nitrogens is 1. The fraction of sp³-hybridized carbons (Fsp3) is 0.522. The van der Waals surface area contributed by atoms with Gasteiger partial charge in [-0.05, 0) is 52.0 Å². The molecule has 0 saturated carbocycles. The van der Waals surface area contributed by atoms with Gasteiger partial charge in [-0.25, -0.2) is 0 Å². The Bertz CT molecular complexity index is 895. The molecule has 0 atom stereocenters. The smallest absolute Gasteiger partial charge is 0.231 e. The van der Waals surface area contributed by atoms with Crippen LogP contribution in [0, 0.1) is 13.8 Å². The molecule has 0 spiro atoms. The number of nitrogens with one attached hydrogen (secondary N) is 2. The van der Waals surface area contributed by atoms with E-state index in [1.54, 1.807) is 4.90 Å². The minimum absolute atomic E-state index is 0.277. The summed E-state index contributed by atoms with van der Waals surface area (Å²) in [6, 6.07) is 8.69. The number of aryl methyl sites for hydroxylation is 1. The van der Waals surface area contributed by atoms with Crippen LogP contribution in [0.1, 0.15) is 47.2 Å². The van der Waals surface area contributed by atoms with Gasteiger partial charge in [-0.1, -0.05) is 0 Å². The summed E-state index contributed by atoms with van der Waals surface area (Å²) in [5.74, 6) is 1.98. The van der Waals surface area contributed by atoms with Gasteiger partial charge in [0.25, 0.3) is 0 Å². The van der Waals surface area contributed by atoms with Crippen molar-refractivity contribution >= 4 is 5.78 Å². The second kappa shape index (κ2) is 8.20. The Morgan fingerprint density at radius 2 is 1.72 bits per heavy atom. The summed E-state index contributed by atoms with van der Waals surface area (Å²) in [5, 5.41) is 0. The van der Waals surface area contributed by atoms with Crippen molar-refractivity contribution in [1.29, 1.82) is 0 Å². The average Bonchev–Trinajstić information content (AvgIpc) is 3.26. The van der Waals surface area contributed by atoms with Crippen molar-refractivity contribution < 1.29 is 24.1 Å². The fourth-order valence-corrected chi connectivity index (χ4v) is 4.83. The Kier molecular flexibility index (Phi) is 5.65. The largest absolute Gasteiger partial charge is 0.454 e. The lowest BCUT2D eigenvalue weighted by Crippen LogP contribution is -3.27. The summed E-state index contributed by atoms with van der Waals surface area (Å²) in [6.07, 6.45) is 0. The molecule has 2 aliphatic heterocycles. The lowest BCUT2D eigenvalue weighted by Gasteiger charge is -2.29. The number of fused-ring (bicyclic) bond motifs is 1. The van der Waals surface area contributed by atoms with E-state index in [-0.39, 0.29) is 5.78 Å². The van der Waals surface area contributed by atoms with Gasteiger partial charge in [0, 0.05) is 28.6 Å². The normalized spacial score (nSPS) is 21.0. The van der Waals surface area contributed by atoms with Crippen LogP contribution in [0.4, 0.5) is 0 Å². The maximum Gasteiger partial charge on any atom is 0.231 e. The van der Waals surface area contributed by atoms with Gasteiger partial charge in [0.2, 0.25) is 12.6 Å². The van der Waals surface area contributed by atoms with E-state index in [0.29, 0.717) is 19.4 Å². The Balaban J connectivity index is 1.31. The van der Waals surface area contributed by atoms with Gasteiger partial charge in [0.1, 0.15) is 39.3 Å². The first-order valence-corrected chi connectivity index (χ1v) is 10.7. The van der Waals surface area contributed by atoms with Gasteiger partial charge in [-0.2, -0.15) is 0 Å². The molecule has 29 heavy (non-hydrogen) atoms. The minimum Gasteiger partial charge on any atom is -0.454 e. The van der Waals surface area contributed by atoms with Gasteiger partial charge in [0.15, 0.2) is 11.5 Å². The number of hydrogen-bond acceptors (Lipinski definition) is 3. The van der Waals surface area contributed by atoms with Crippen LogP contribution >= 0.6 is 0 Å². The Morgan fingerprint density at radius 3 is 2.41 bits per heavy atom. The molecule has 2 N–H and O–H groups in total. The molecule has 0 amide bonds. The first-order chi connectivity index (χ1) is 13.9. The van der Waals surface area contributed by atoms with Gasteiger partial charge >= 0.3 is 0 Å². The molecular weight excluding hydrogens is 366 g/mol. The van der Waals surface area contributed by atoms with E-state index in [1.165, 1.54) is 16.2 Å². The highest BCUT2D eigenvalue weighted by Crippen LogP contribution is 2.32. The van der Waals surface area contributed by atoms with E-state index in [2.05, 4.69) is 50.5 Å². The highest BCUT2D eigenvalue weighted by Gasteiger charge is 2.27. The van der Waals surface area contributed by atoms with Crippen LogP contribution in [0.25, 0.3) is 0 Å². The van der Waals surface area contributed by atoms with Crippen LogP contribution in [0.5, 0.6) is 11.5 Å². The van der Waals surface area contributed by atoms with E-state index < -0.39 is 0 Å². The molecule has 0 bridgehead atoms. The zero-order chi connectivity index (χ0) is 20.5. The van der Waals surface area contributed by atoms with Crippen molar-refractivity contribution in [2.24, 2.45) is 0 Å². The van der Waals surface area contributed by atoms with Crippen LogP contribution in [0.15, 0.2) is 24.3 Å². The van der Waals surface area contributed by atoms with Crippen LogP contribution in [-0.4, -0.2) is 49.9 Å². The SMILES string of the molecule is Cc1cc(C(=O)C[NH+]2CC[NH+](Cc3ccc4c(c3)OCO4)CC2)c(C)n1C(C)C. The number of hydrogen-bond donors (Lipinski definition) is 2. The van der Waals surface area contributed by atoms with Gasteiger partial charge in [0.05, 0.1) is 0 Å². The standard InChI is InChI=1S/C23H31N3O3/c1-16(2)26-17(3)11-20(18(26)4)21(27)14-25-9-7-24(8-10-25)13-19-5-6-22-23(12-19)29-15-28-22/h5-6,11-12,16H,7-10,13-15H2,1-4H3/p+2. The van der Waals surface area contributed by atoms with Gasteiger partial charge in [-0.15, -0.1) is 0 Å².